The fourth-order valence-corrected chi connectivity index (χ4v) is 1.62. The van der Waals surface area contributed by atoms with E-state index >= 15 is 0 Å². The minimum atomic E-state index is -3.57. The second kappa shape index (κ2) is 3.77. The number of hydrogen-bond donors (Lipinski definition) is 3. The van der Waals surface area contributed by atoms with Gasteiger partial charge in [0.15, 0.2) is 0 Å². The van der Waals surface area contributed by atoms with Crippen LogP contribution in [0.4, 0.5) is 5.69 Å². The zero-order valence-electron chi connectivity index (χ0n) is 7.76. The van der Waals surface area contributed by atoms with Crippen molar-refractivity contribution in [2.24, 2.45) is 0 Å². The van der Waals surface area contributed by atoms with Gasteiger partial charge in [0.05, 0.1) is 11.9 Å². The number of aromatic carboxylic acids is 1. The molecule has 6 nitrogen and oxygen atoms in total. The predicted molar refractivity (Wildman–Crippen MR) is 53.5 cm³/mol. The van der Waals surface area contributed by atoms with Crippen molar-refractivity contribution < 1.29 is 23.4 Å². The number of phenols is 1. The zero-order chi connectivity index (χ0) is 11.6. The number of anilines is 1. The van der Waals surface area contributed by atoms with Gasteiger partial charge in [0.1, 0.15) is 11.3 Å². The van der Waals surface area contributed by atoms with Crippen molar-refractivity contribution in [1.29, 1.82) is 0 Å². The first-order chi connectivity index (χ1) is 6.81. The van der Waals surface area contributed by atoms with E-state index in [1.54, 1.807) is 0 Å². The molecule has 0 unspecified atom stereocenters. The molecule has 0 saturated heterocycles. The molecule has 1 aromatic rings. The molecule has 0 spiro atoms. The van der Waals surface area contributed by atoms with Gasteiger partial charge in [-0.25, -0.2) is 13.2 Å². The Morgan fingerprint density at radius 1 is 1.40 bits per heavy atom. The highest BCUT2D eigenvalue weighted by Gasteiger charge is 2.16. The Bertz CT molecular complexity index is 494. The lowest BCUT2D eigenvalue weighted by atomic mass is 10.1. The number of aromatic hydroxyl groups is 1. The highest BCUT2D eigenvalue weighted by Crippen LogP contribution is 2.25. The Kier molecular flexibility index (Phi) is 2.85. The van der Waals surface area contributed by atoms with E-state index in [0.29, 0.717) is 0 Å². The van der Waals surface area contributed by atoms with Crippen molar-refractivity contribution in [2.45, 2.75) is 0 Å². The molecule has 0 atom stereocenters. The maximum absolute atomic E-state index is 10.9. The fourth-order valence-electron chi connectivity index (χ4n) is 1.05. The molecule has 0 saturated carbocycles. The maximum Gasteiger partial charge on any atom is 0.341 e. The lowest BCUT2D eigenvalue weighted by Crippen LogP contribution is -2.13. The first-order valence-corrected chi connectivity index (χ1v) is 5.73. The standard InChI is InChI=1S/C8H9NO5S/c1-15(13,14)9-5-3-2-4-6(10)7(5)8(11)12/h2-4,9-10H,1H3,(H,11,12). The number of rotatable bonds is 3. The Labute approximate surface area is 86.2 Å². The molecule has 0 heterocycles. The van der Waals surface area contributed by atoms with Crippen LogP contribution >= 0.6 is 0 Å². The topological polar surface area (TPSA) is 104 Å². The second-order valence-corrected chi connectivity index (χ2v) is 4.63. The molecule has 0 aliphatic rings. The lowest BCUT2D eigenvalue weighted by molar-refractivity contribution is 0.0695. The first kappa shape index (κ1) is 11.3. The molecule has 1 rings (SSSR count). The van der Waals surface area contributed by atoms with Gasteiger partial charge in [-0.05, 0) is 12.1 Å². The number of benzene rings is 1. The predicted octanol–water partition coefficient (Wildman–Crippen LogP) is 0.462. The number of sulfonamides is 1. The van der Waals surface area contributed by atoms with Gasteiger partial charge in [-0.3, -0.25) is 4.72 Å². The first-order valence-electron chi connectivity index (χ1n) is 3.84. The Morgan fingerprint density at radius 2 is 2.00 bits per heavy atom. The van der Waals surface area contributed by atoms with Gasteiger partial charge in [0.25, 0.3) is 0 Å². The van der Waals surface area contributed by atoms with Crippen LogP contribution < -0.4 is 4.72 Å². The molecule has 0 aliphatic carbocycles. The minimum absolute atomic E-state index is 0.162. The van der Waals surface area contributed by atoms with E-state index in [4.69, 9.17) is 5.11 Å². The number of hydrogen-bond acceptors (Lipinski definition) is 4. The molecule has 0 bridgehead atoms. The molecule has 82 valence electrons. The summed E-state index contributed by atoms with van der Waals surface area (Å²) in [5, 5.41) is 18.0. The molecular formula is C8H9NO5S. The van der Waals surface area contributed by atoms with E-state index in [1.807, 2.05) is 4.72 Å². The highest BCUT2D eigenvalue weighted by atomic mass is 32.2. The van der Waals surface area contributed by atoms with E-state index in [2.05, 4.69) is 0 Å². The van der Waals surface area contributed by atoms with Crippen LogP contribution in [-0.4, -0.2) is 30.9 Å². The molecular weight excluding hydrogens is 222 g/mol. The van der Waals surface area contributed by atoms with Crippen LogP contribution in [0.1, 0.15) is 10.4 Å². The molecule has 0 radical (unpaired) electrons. The molecule has 0 aromatic heterocycles. The van der Waals surface area contributed by atoms with Gasteiger partial charge >= 0.3 is 5.97 Å². The van der Waals surface area contributed by atoms with Crippen molar-refractivity contribution in [3.8, 4) is 5.75 Å². The molecule has 0 amide bonds. The Morgan fingerprint density at radius 3 is 2.47 bits per heavy atom. The SMILES string of the molecule is CS(=O)(=O)Nc1cccc(O)c1C(=O)O. The van der Waals surface area contributed by atoms with Gasteiger partial charge in [-0.15, -0.1) is 0 Å². The summed E-state index contributed by atoms with van der Waals surface area (Å²) in [5.74, 6) is -1.89. The van der Waals surface area contributed by atoms with Crippen LogP contribution in [-0.2, 0) is 10.0 Å². The van der Waals surface area contributed by atoms with Crippen LogP contribution in [0, 0.1) is 0 Å². The molecule has 0 fully saturated rings. The van der Waals surface area contributed by atoms with Crippen molar-refractivity contribution in [3.05, 3.63) is 23.8 Å². The summed E-state index contributed by atoms with van der Waals surface area (Å²) >= 11 is 0. The quantitative estimate of drug-likeness (QED) is 0.701. The minimum Gasteiger partial charge on any atom is -0.507 e. The zero-order valence-corrected chi connectivity index (χ0v) is 8.58. The van der Waals surface area contributed by atoms with Gasteiger partial charge in [0, 0.05) is 0 Å². The smallest absolute Gasteiger partial charge is 0.341 e. The normalized spacial score (nSPS) is 11.0. The number of nitrogens with one attached hydrogen (secondary N) is 1. The van der Waals surface area contributed by atoms with Crippen molar-refractivity contribution in [3.63, 3.8) is 0 Å². The van der Waals surface area contributed by atoms with Gasteiger partial charge < -0.3 is 10.2 Å². The summed E-state index contributed by atoms with van der Waals surface area (Å²) in [5.41, 5.74) is -0.632. The van der Waals surface area contributed by atoms with Crippen LogP contribution in [0.3, 0.4) is 0 Å². The average molecular weight is 231 g/mol. The van der Waals surface area contributed by atoms with E-state index in [1.165, 1.54) is 12.1 Å². The summed E-state index contributed by atoms with van der Waals surface area (Å²) in [6.45, 7) is 0. The highest BCUT2D eigenvalue weighted by molar-refractivity contribution is 7.92. The molecule has 7 heteroatoms. The lowest BCUT2D eigenvalue weighted by Gasteiger charge is -2.08. The summed E-state index contributed by atoms with van der Waals surface area (Å²) in [6.07, 6.45) is 0.892. The van der Waals surface area contributed by atoms with Crippen molar-refractivity contribution >= 4 is 21.7 Å². The van der Waals surface area contributed by atoms with Crippen LogP contribution in [0.2, 0.25) is 0 Å². The van der Waals surface area contributed by atoms with E-state index in [9.17, 15) is 18.3 Å². The Hall–Kier alpha value is -1.76. The average Bonchev–Trinajstić information content (AvgIpc) is 1.99. The summed E-state index contributed by atoms with van der Waals surface area (Å²) < 4.78 is 23.8. The molecule has 15 heavy (non-hydrogen) atoms. The maximum atomic E-state index is 10.9. The summed E-state index contributed by atoms with van der Waals surface area (Å²) in [4.78, 5) is 10.7. The molecule has 0 aliphatic heterocycles. The third-order valence-corrected chi connectivity index (χ3v) is 2.14. The fraction of sp³-hybridized carbons (Fsp3) is 0.125. The van der Waals surface area contributed by atoms with Crippen molar-refractivity contribution in [2.75, 3.05) is 11.0 Å². The van der Waals surface area contributed by atoms with E-state index in [-0.39, 0.29) is 5.69 Å². The van der Waals surface area contributed by atoms with Gasteiger partial charge in [0.2, 0.25) is 10.0 Å². The van der Waals surface area contributed by atoms with Crippen LogP contribution in [0.25, 0.3) is 0 Å². The second-order valence-electron chi connectivity index (χ2n) is 2.88. The summed E-state index contributed by atoms with van der Waals surface area (Å²) in [6, 6.07) is 3.76. The molecule has 1 aromatic carbocycles. The van der Waals surface area contributed by atoms with Gasteiger partial charge in [-0.2, -0.15) is 0 Å². The van der Waals surface area contributed by atoms with Crippen molar-refractivity contribution in [1.82, 2.24) is 0 Å². The number of carbonyl (C=O) groups is 1. The largest absolute Gasteiger partial charge is 0.507 e. The summed E-state index contributed by atoms with van der Waals surface area (Å²) in [7, 11) is -3.57. The van der Waals surface area contributed by atoms with Gasteiger partial charge in [-0.1, -0.05) is 6.07 Å². The van der Waals surface area contributed by atoms with E-state index in [0.717, 1.165) is 12.3 Å². The van der Waals surface area contributed by atoms with E-state index < -0.39 is 27.3 Å². The molecule has 3 N–H and O–H groups in total. The van der Waals surface area contributed by atoms with Crippen LogP contribution in [0.5, 0.6) is 5.75 Å². The van der Waals surface area contributed by atoms with Crippen LogP contribution in [0.15, 0.2) is 18.2 Å². The number of carboxylic acids is 1. The Balaban J connectivity index is 3.30. The monoisotopic (exact) mass is 231 g/mol. The third-order valence-electron chi connectivity index (χ3n) is 1.55. The third kappa shape index (κ3) is 2.84. The number of carboxylic acid groups (broad SMARTS) is 1.